The Kier molecular flexibility index (Phi) is 9.55. The van der Waals surface area contributed by atoms with Crippen LogP contribution in [0.1, 0.15) is 26.7 Å². The Morgan fingerprint density at radius 1 is 1.40 bits per heavy atom. The summed E-state index contributed by atoms with van der Waals surface area (Å²) < 4.78 is 26.8. The maximum absolute atomic E-state index is 11.1. The molecule has 3 N–H and O–H groups in total. The maximum atomic E-state index is 11.1. The van der Waals surface area contributed by atoms with E-state index in [4.69, 9.17) is 0 Å². The Morgan fingerprint density at radius 2 is 2.00 bits per heavy atom. The highest BCUT2D eigenvalue weighted by Crippen LogP contribution is 1.99. The fraction of sp³-hybridized carbons (Fsp3) is 0.667. The summed E-state index contributed by atoms with van der Waals surface area (Å²) >= 11 is 0. The zero-order chi connectivity index (χ0) is 11.0. The lowest BCUT2D eigenvalue weighted by Crippen LogP contribution is -2.13. The molecule has 0 aliphatic rings. The third kappa shape index (κ3) is 9.58. The van der Waals surface area contributed by atoms with E-state index in [1.54, 1.807) is 13.0 Å². The second-order valence-corrected chi connectivity index (χ2v) is 4.56. The largest absolute Gasteiger partial charge is 0.344 e. The molecule has 0 radical (unpaired) electrons. The third-order valence-corrected chi connectivity index (χ3v) is 2.65. The highest BCUT2D eigenvalue weighted by atomic mass is 32.2. The molecule has 0 aromatic heterocycles. The van der Waals surface area contributed by atoms with Gasteiger partial charge in [-0.25, -0.2) is 0 Å². The van der Waals surface area contributed by atoms with Gasteiger partial charge in [0, 0.05) is 6.42 Å². The molecule has 0 heterocycles. The van der Waals surface area contributed by atoms with Crippen LogP contribution in [0.3, 0.4) is 0 Å². The van der Waals surface area contributed by atoms with Gasteiger partial charge in [-0.3, -0.25) is 8.98 Å². The van der Waals surface area contributed by atoms with Crippen LogP contribution in [0.2, 0.25) is 0 Å². The Morgan fingerprint density at radius 3 is 2.47 bits per heavy atom. The summed E-state index contributed by atoms with van der Waals surface area (Å²) in [4.78, 5) is 11.0. The minimum absolute atomic E-state index is 0. The number of carbonyl (C=O) groups is 1. The van der Waals surface area contributed by atoms with Crippen molar-refractivity contribution in [2.75, 3.05) is 12.4 Å². The standard InChI is InChI=1S/C9H16O4S.H3N/c1-3-5-9(10)6-8-14(11,12)13-7-4-2;/h3,5H,4,6-8H2,1-2H3;1H3. The van der Waals surface area contributed by atoms with Crippen LogP contribution in [0.4, 0.5) is 0 Å². The van der Waals surface area contributed by atoms with E-state index in [1.807, 2.05) is 6.92 Å². The molecule has 0 amide bonds. The molecule has 0 rings (SSSR count). The SMILES string of the molecule is CC=CC(=O)CCS(=O)(=O)OCCC.N. The van der Waals surface area contributed by atoms with Crippen LogP contribution < -0.4 is 6.15 Å². The Hall–Kier alpha value is -0.720. The predicted molar refractivity (Wildman–Crippen MR) is 59.5 cm³/mol. The molecule has 5 nitrogen and oxygen atoms in total. The zero-order valence-corrected chi connectivity index (χ0v) is 10.0. The lowest BCUT2D eigenvalue weighted by Gasteiger charge is -2.02. The Bertz CT molecular complexity index is 295. The molecule has 15 heavy (non-hydrogen) atoms. The Balaban J connectivity index is 0. The van der Waals surface area contributed by atoms with Gasteiger partial charge in [-0.2, -0.15) is 8.42 Å². The highest BCUT2D eigenvalue weighted by Gasteiger charge is 2.12. The summed E-state index contributed by atoms with van der Waals surface area (Å²) in [7, 11) is -3.51. The lowest BCUT2D eigenvalue weighted by atomic mass is 10.3. The van der Waals surface area contributed by atoms with E-state index in [-0.39, 0.29) is 30.7 Å². The molecule has 0 fully saturated rings. The number of rotatable bonds is 7. The van der Waals surface area contributed by atoms with Gasteiger partial charge >= 0.3 is 0 Å². The second-order valence-electron chi connectivity index (χ2n) is 2.80. The normalized spacial score (nSPS) is 11.3. The summed E-state index contributed by atoms with van der Waals surface area (Å²) in [6, 6.07) is 0. The lowest BCUT2D eigenvalue weighted by molar-refractivity contribution is -0.114. The van der Waals surface area contributed by atoms with Gasteiger partial charge < -0.3 is 6.15 Å². The van der Waals surface area contributed by atoms with E-state index < -0.39 is 10.1 Å². The summed E-state index contributed by atoms with van der Waals surface area (Å²) in [6.45, 7) is 3.71. The molecule has 0 saturated heterocycles. The number of carbonyl (C=O) groups excluding carboxylic acids is 1. The summed E-state index contributed by atoms with van der Waals surface area (Å²) in [6.07, 6.45) is 3.57. The molecule has 0 aromatic carbocycles. The van der Waals surface area contributed by atoms with Crippen molar-refractivity contribution < 1.29 is 17.4 Å². The van der Waals surface area contributed by atoms with Crippen LogP contribution in [-0.4, -0.2) is 26.6 Å². The van der Waals surface area contributed by atoms with Crippen LogP contribution in [0.15, 0.2) is 12.2 Å². The van der Waals surface area contributed by atoms with Crippen molar-refractivity contribution in [3.05, 3.63) is 12.2 Å². The van der Waals surface area contributed by atoms with Crippen molar-refractivity contribution in [1.29, 1.82) is 0 Å². The molecule has 0 aliphatic heterocycles. The summed E-state index contributed by atoms with van der Waals surface area (Å²) in [5.74, 6) is -0.438. The first kappa shape index (κ1) is 16.7. The molecule has 0 atom stereocenters. The monoisotopic (exact) mass is 237 g/mol. The number of ketones is 1. The number of hydrogen-bond acceptors (Lipinski definition) is 5. The van der Waals surface area contributed by atoms with Gasteiger partial charge in [0.15, 0.2) is 5.78 Å². The third-order valence-electron chi connectivity index (χ3n) is 1.42. The molecule has 90 valence electrons. The Labute approximate surface area is 91.2 Å². The van der Waals surface area contributed by atoms with Gasteiger partial charge in [0.25, 0.3) is 10.1 Å². The topological polar surface area (TPSA) is 95.4 Å². The van der Waals surface area contributed by atoms with E-state index in [9.17, 15) is 13.2 Å². The van der Waals surface area contributed by atoms with Crippen LogP contribution >= 0.6 is 0 Å². The average molecular weight is 237 g/mol. The van der Waals surface area contributed by atoms with Crippen LogP contribution in [0.5, 0.6) is 0 Å². The van der Waals surface area contributed by atoms with Gasteiger partial charge in [-0.15, -0.1) is 0 Å². The van der Waals surface area contributed by atoms with Gasteiger partial charge in [0.1, 0.15) is 0 Å². The molecule has 0 spiro atoms. The molecular formula is C9H19NO4S. The van der Waals surface area contributed by atoms with Crippen molar-refractivity contribution in [3.8, 4) is 0 Å². The molecule has 0 aliphatic carbocycles. The molecule has 0 bridgehead atoms. The first-order valence-corrected chi connectivity index (χ1v) is 6.12. The quantitative estimate of drug-likeness (QED) is 0.534. The highest BCUT2D eigenvalue weighted by molar-refractivity contribution is 7.86. The number of hydrogen-bond donors (Lipinski definition) is 1. The van der Waals surface area contributed by atoms with E-state index in [0.29, 0.717) is 6.42 Å². The average Bonchev–Trinajstić information content (AvgIpc) is 2.13. The van der Waals surface area contributed by atoms with Gasteiger partial charge in [0.05, 0.1) is 12.4 Å². The molecule has 0 saturated carbocycles. The fourth-order valence-electron chi connectivity index (χ4n) is 0.764. The first-order chi connectivity index (χ1) is 6.52. The smallest absolute Gasteiger partial charge is 0.267 e. The van der Waals surface area contributed by atoms with Crippen molar-refractivity contribution in [2.45, 2.75) is 26.7 Å². The zero-order valence-electron chi connectivity index (χ0n) is 9.23. The van der Waals surface area contributed by atoms with Crippen LogP contribution in [0, 0.1) is 0 Å². The minimum Gasteiger partial charge on any atom is -0.344 e. The van der Waals surface area contributed by atoms with E-state index in [2.05, 4.69) is 4.18 Å². The molecular weight excluding hydrogens is 218 g/mol. The molecule has 0 unspecified atom stereocenters. The van der Waals surface area contributed by atoms with Gasteiger partial charge in [-0.05, 0) is 19.4 Å². The van der Waals surface area contributed by atoms with Crippen molar-refractivity contribution >= 4 is 15.9 Å². The summed E-state index contributed by atoms with van der Waals surface area (Å²) in [5, 5.41) is 0. The predicted octanol–water partition coefficient (Wildman–Crippen LogP) is 1.44. The minimum atomic E-state index is -3.51. The van der Waals surface area contributed by atoms with E-state index in [1.165, 1.54) is 6.08 Å². The second kappa shape index (κ2) is 8.58. The van der Waals surface area contributed by atoms with E-state index >= 15 is 0 Å². The van der Waals surface area contributed by atoms with Gasteiger partial charge in [0.2, 0.25) is 0 Å². The van der Waals surface area contributed by atoms with E-state index in [0.717, 1.165) is 0 Å². The molecule has 0 aromatic rings. The van der Waals surface area contributed by atoms with Crippen LogP contribution in [-0.2, 0) is 19.1 Å². The first-order valence-electron chi connectivity index (χ1n) is 4.54. The van der Waals surface area contributed by atoms with Crippen molar-refractivity contribution in [3.63, 3.8) is 0 Å². The van der Waals surface area contributed by atoms with Gasteiger partial charge in [-0.1, -0.05) is 13.0 Å². The molecule has 6 heteroatoms. The number of allylic oxidation sites excluding steroid dienone is 2. The fourth-order valence-corrected chi connectivity index (χ4v) is 1.75. The summed E-state index contributed by atoms with van der Waals surface area (Å²) in [5.41, 5.74) is 0. The van der Waals surface area contributed by atoms with Crippen LogP contribution in [0.25, 0.3) is 0 Å². The maximum Gasteiger partial charge on any atom is 0.267 e. The van der Waals surface area contributed by atoms with Crippen molar-refractivity contribution in [2.24, 2.45) is 0 Å². The van der Waals surface area contributed by atoms with Crippen molar-refractivity contribution in [1.82, 2.24) is 6.15 Å².